The topological polar surface area (TPSA) is 38.0 Å². The summed E-state index contributed by atoms with van der Waals surface area (Å²) in [5, 5.41) is 10.1. The van der Waals surface area contributed by atoms with E-state index in [1.54, 1.807) is 0 Å². The molecule has 2 aromatic rings. The Morgan fingerprint density at radius 2 is 1.89 bits per heavy atom. The van der Waals surface area contributed by atoms with E-state index in [-0.39, 0.29) is 5.41 Å². The first-order valence-electron chi connectivity index (χ1n) is 6.72. The zero-order valence-electron chi connectivity index (χ0n) is 11.9. The fourth-order valence-electron chi connectivity index (χ4n) is 1.98. The number of rotatable bonds is 4. The Labute approximate surface area is 114 Å². The van der Waals surface area contributed by atoms with Gasteiger partial charge in [-0.3, -0.25) is 0 Å². The zero-order valence-corrected chi connectivity index (χ0v) is 11.9. The van der Waals surface area contributed by atoms with Crippen LogP contribution in [0.15, 0.2) is 42.9 Å². The van der Waals surface area contributed by atoms with Crippen LogP contribution in [0.25, 0.3) is 0 Å². The number of aliphatic hydroxyl groups is 1. The maximum atomic E-state index is 10.1. The molecule has 1 heterocycles. The van der Waals surface area contributed by atoms with Gasteiger partial charge in [0.05, 0.1) is 18.1 Å². The molecule has 102 valence electrons. The monoisotopic (exact) mass is 258 g/mol. The summed E-state index contributed by atoms with van der Waals surface area (Å²) in [7, 11) is 0. The molecular weight excluding hydrogens is 236 g/mol. The van der Waals surface area contributed by atoms with Crippen LogP contribution < -0.4 is 0 Å². The molecule has 1 aromatic heterocycles. The smallest absolute Gasteiger partial charge is 0.0949 e. The summed E-state index contributed by atoms with van der Waals surface area (Å²) in [6, 6.07) is 9.78. The summed E-state index contributed by atoms with van der Waals surface area (Å²) >= 11 is 0. The molecule has 0 amide bonds. The highest BCUT2D eigenvalue weighted by Crippen LogP contribution is 2.21. The van der Waals surface area contributed by atoms with Gasteiger partial charge in [-0.15, -0.1) is 0 Å². The van der Waals surface area contributed by atoms with Crippen LogP contribution in [0.5, 0.6) is 0 Å². The first kappa shape index (κ1) is 13.8. The predicted octanol–water partition coefficient (Wildman–Crippen LogP) is 3.30. The largest absolute Gasteiger partial charge is 0.388 e. The third-order valence-corrected chi connectivity index (χ3v) is 3.25. The van der Waals surface area contributed by atoms with Crippen molar-refractivity contribution in [1.29, 1.82) is 0 Å². The lowest BCUT2D eigenvalue weighted by Gasteiger charge is -2.14. The molecule has 0 fully saturated rings. The average Bonchev–Trinajstić information content (AvgIpc) is 2.86. The SMILES string of the molecule is CC(C)(C)c1cn(CC[C@@H](O)c2ccccc2)cn1. The van der Waals surface area contributed by atoms with Crippen molar-refractivity contribution < 1.29 is 5.11 Å². The van der Waals surface area contributed by atoms with Crippen molar-refractivity contribution in [1.82, 2.24) is 9.55 Å². The fraction of sp³-hybridized carbons (Fsp3) is 0.438. The Hall–Kier alpha value is -1.61. The second-order valence-electron chi connectivity index (χ2n) is 5.96. The van der Waals surface area contributed by atoms with Gasteiger partial charge in [0, 0.05) is 18.2 Å². The van der Waals surface area contributed by atoms with Gasteiger partial charge in [-0.1, -0.05) is 51.1 Å². The zero-order chi connectivity index (χ0) is 13.9. The second kappa shape index (κ2) is 5.57. The normalized spacial score (nSPS) is 13.5. The molecule has 2 rings (SSSR count). The highest BCUT2D eigenvalue weighted by molar-refractivity contribution is 5.17. The lowest BCUT2D eigenvalue weighted by molar-refractivity contribution is 0.161. The molecular formula is C16H22N2O. The minimum Gasteiger partial charge on any atom is -0.388 e. The van der Waals surface area contributed by atoms with E-state index in [0.717, 1.165) is 17.8 Å². The quantitative estimate of drug-likeness (QED) is 0.913. The predicted molar refractivity (Wildman–Crippen MR) is 76.9 cm³/mol. The molecule has 0 aliphatic carbocycles. The van der Waals surface area contributed by atoms with E-state index in [1.807, 2.05) is 41.2 Å². The van der Waals surface area contributed by atoms with Crippen LogP contribution in [-0.4, -0.2) is 14.7 Å². The maximum Gasteiger partial charge on any atom is 0.0949 e. The molecule has 0 aliphatic heterocycles. The van der Waals surface area contributed by atoms with Gasteiger partial charge in [0.1, 0.15) is 0 Å². The van der Waals surface area contributed by atoms with Crippen molar-refractivity contribution in [2.75, 3.05) is 0 Å². The summed E-state index contributed by atoms with van der Waals surface area (Å²) in [5.74, 6) is 0. The standard InChI is InChI=1S/C16H22N2O/c1-16(2,3)15-11-18(12-17-15)10-9-14(19)13-7-5-4-6-8-13/h4-8,11-12,14,19H,9-10H2,1-3H3/t14-/m1/s1. The van der Waals surface area contributed by atoms with Crippen LogP contribution in [0.2, 0.25) is 0 Å². The minimum atomic E-state index is -0.415. The van der Waals surface area contributed by atoms with Crippen LogP contribution >= 0.6 is 0 Å². The molecule has 0 radical (unpaired) electrons. The number of hydrogen-bond acceptors (Lipinski definition) is 2. The van der Waals surface area contributed by atoms with Gasteiger partial charge in [0.25, 0.3) is 0 Å². The summed E-state index contributed by atoms with van der Waals surface area (Å²) in [5.41, 5.74) is 2.13. The van der Waals surface area contributed by atoms with Crippen molar-refractivity contribution in [3.05, 3.63) is 54.1 Å². The summed E-state index contributed by atoms with van der Waals surface area (Å²) < 4.78 is 2.05. The summed E-state index contributed by atoms with van der Waals surface area (Å²) in [4.78, 5) is 4.42. The van der Waals surface area contributed by atoms with Crippen LogP contribution in [0.3, 0.4) is 0 Å². The van der Waals surface area contributed by atoms with Crippen LogP contribution in [0.4, 0.5) is 0 Å². The van der Waals surface area contributed by atoms with Crippen LogP contribution in [-0.2, 0) is 12.0 Å². The van der Waals surface area contributed by atoms with Crippen molar-refractivity contribution in [2.24, 2.45) is 0 Å². The summed E-state index contributed by atoms with van der Waals surface area (Å²) in [6.45, 7) is 7.23. The van der Waals surface area contributed by atoms with E-state index in [9.17, 15) is 5.11 Å². The maximum absolute atomic E-state index is 10.1. The fourth-order valence-corrected chi connectivity index (χ4v) is 1.98. The van der Waals surface area contributed by atoms with Crippen molar-refractivity contribution in [3.63, 3.8) is 0 Å². The van der Waals surface area contributed by atoms with E-state index < -0.39 is 6.10 Å². The van der Waals surface area contributed by atoms with Crippen LogP contribution in [0, 0.1) is 0 Å². The molecule has 0 bridgehead atoms. The van der Waals surface area contributed by atoms with Gasteiger partial charge in [0.15, 0.2) is 0 Å². The molecule has 0 saturated carbocycles. The number of hydrogen-bond donors (Lipinski definition) is 1. The number of aryl methyl sites for hydroxylation is 1. The molecule has 1 aromatic carbocycles. The lowest BCUT2D eigenvalue weighted by Crippen LogP contribution is -2.11. The summed E-state index contributed by atoms with van der Waals surface area (Å²) in [6.07, 6.45) is 4.20. The van der Waals surface area contributed by atoms with Crippen molar-refractivity contribution in [3.8, 4) is 0 Å². The molecule has 3 heteroatoms. The van der Waals surface area contributed by atoms with Crippen LogP contribution in [0.1, 0.15) is 44.6 Å². The first-order chi connectivity index (χ1) is 8.97. The number of aromatic nitrogens is 2. The van der Waals surface area contributed by atoms with Gasteiger partial charge in [-0.05, 0) is 12.0 Å². The Balaban J connectivity index is 1.94. The molecule has 0 saturated heterocycles. The van der Waals surface area contributed by atoms with E-state index >= 15 is 0 Å². The molecule has 1 atom stereocenters. The number of imidazole rings is 1. The van der Waals surface area contributed by atoms with E-state index in [1.165, 1.54) is 0 Å². The Kier molecular flexibility index (Phi) is 4.05. The van der Waals surface area contributed by atoms with E-state index in [0.29, 0.717) is 6.42 Å². The van der Waals surface area contributed by atoms with Gasteiger partial charge < -0.3 is 9.67 Å². The molecule has 0 spiro atoms. The first-order valence-corrected chi connectivity index (χ1v) is 6.72. The third kappa shape index (κ3) is 3.67. The number of benzene rings is 1. The van der Waals surface area contributed by atoms with Gasteiger partial charge in [0.2, 0.25) is 0 Å². The molecule has 3 nitrogen and oxygen atoms in total. The molecule has 0 aliphatic rings. The average molecular weight is 258 g/mol. The van der Waals surface area contributed by atoms with Gasteiger partial charge in [-0.2, -0.15) is 0 Å². The lowest BCUT2D eigenvalue weighted by atomic mass is 9.93. The van der Waals surface area contributed by atoms with Gasteiger partial charge in [-0.25, -0.2) is 4.98 Å². The van der Waals surface area contributed by atoms with Crippen molar-refractivity contribution in [2.45, 2.75) is 45.3 Å². The third-order valence-electron chi connectivity index (χ3n) is 3.25. The highest BCUT2D eigenvalue weighted by atomic mass is 16.3. The van der Waals surface area contributed by atoms with E-state index in [2.05, 4.69) is 32.0 Å². The highest BCUT2D eigenvalue weighted by Gasteiger charge is 2.16. The molecule has 0 unspecified atom stereocenters. The number of nitrogens with zero attached hydrogens (tertiary/aromatic N) is 2. The minimum absolute atomic E-state index is 0.0727. The Morgan fingerprint density at radius 1 is 1.21 bits per heavy atom. The van der Waals surface area contributed by atoms with E-state index in [4.69, 9.17) is 0 Å². The van der Waals surface area contributed by atoms with Gasteiger partial charge >= 0.3 is 0 Å². The Morgan fingerprint density at radius 3 is 2.47 bits per heavy atom. The second-order valence-corrected chi connectivity index (χ2v) is 5.96. The molecule has 1 N–H and O–H groups in total. The van der Waals surface area contributed by atoms with Crippen molar-refractivity contribution >= 4 is 0 Å². The Bertz CT molecular complexity index is 511. The number of aliphatic hydroxyl groups excluding tert-OH is 1. The molecule has 19 heavy (non-hydrogen) atoms.